The quantitative estimate of drug-likeness (QED) is 0.0562. The predicted octanol–water partition coefficient (Wildman–Crippen LogP) is 9.15. The van der Waals surface area contributed by atoms with Crippen LogP contribution in [0.4, 0.5) is 9.59 Å². The molecule has 0 aliphatic heterocycles. The largest absolute Gasteiger partial charge is 0.496 e. The number of hydrogen-bond acceptors (Lipinski definition) is 14. The summed E-state index contributed by atoms with van der Waals surface area (Å²) in [6, 6.07) is 19.3. The molecule has 18 nitrogen and oxygen atoms in total. The highest BCUT2D eigenvalue weighted by molar-refractivity contribution is 6.08. The van der Waals surface area contributed by atoms with Crippen LogP contribution in [0.1, 0.15) is 130 Å². The standard InChI is InChI=1S/C53H64N4O14/c1-31-23-32(2)26-37(25-31)43(58)56(51(7,8)9)54(45(60)39-19-17-21-41(66-15)35(39)5)49(64)70-29-68-47(62)53(13,14)48(63)69-30-71-50(65)55(46(61)40-20-18-22-42(67-16)36(40)6)57(52(10,11)12)44(59)38-27-33(3)24-34(4)28-38/h17-28H,29-30H2,1-16H3. The number of carbonyl (C=O) groups is 8. The number of nitrogens with zero attached hydrogens (tertiary/aromatic N) is 4. The molecule has 4 aromatic carbocycles. The van der Waals surface area contributed by atoms with E-state index < -0.39 is 77.8 Å². The first kappa shape index (κ1) is 55.8. The monoisotopic (exact) mass is 980 g/mol. The van der Waals surface area contributed by atoms with Gasteiger partial charge in [-0.05, 0) is 145 Å². The second-order valence-corrected chi connectivity index (χ2v) is 19.4. The van der Waals surface area contributed by atoms with Gasteiger partial charge in [-0.25, -0.2) is 19.6 Å². The Hall–Kier alpha value is -7.76. The summed E-state index contributed by atoms with van der Waals surface area (Å²) < 4.78 is 31.9. The molecule has 4 aromatic rings. The number of esters is 2. The zero-order chi connectivity index (χ0) is 53.5. The zero-order valence-electron chi connectivity index (χ0n) is 43.3. The maximum atomic E-state index is 14.5. The highest BCUT2D eigenvalue weighted by Crippen LogP contribution is 2.30. The van der Waals surface area contributed by atoms with Crippen molar-refractivity contribution in [3.8, 4) is 11.5 Å². The Kier molecular flexibility index (Phi) is 17.6. The van der Waals surface area contributed by atoms with Crippen molar-refractivity contribution in [2.45, 2.75) is 108 Å². The number of hydrazine groups is 2. The topological polar surface area (TPSA) is 205 Å². The number of aryl methyl sites for hydroxylation is 4. The van der Waals surface area contributed by atoms with Crippen LogP contribution in [0, 0.1) is 47.0 Å². The molecule has 0 N–H and O–H groups in total. The molecule has 71 heavy (non-hydrogen) atoms. The maximum Gasteiger partial charge on any atom is 0.439 e. The van der Waals surface area contributed by atoms with Crippen LogP contribution in [-0.2, 0) is 28.5 Å². The fraction of sp³-hybridized carbons (Fsp3) is 0.396. The van der Waals surface area contributed by atoms with Gasteiger partial charge in [0.2, 0.25) is 13.6 Å². The number of imide groups is 2. The minimum Gasteiger partial charge on any atom is -0.496 e. The van der Waals surface area contributed by atoms with Crippen molar-refractivity contribution in [2.75, 3.05) is 27.8 Å². The average molecular weight is 981 g/mol. The van der Waals surface area contributed by atoms with E-state index in [0.717, 1.165) is 46.1 Å². The normalized spacial score (nSPS) is 11.4. The van der Waals surface area contributed by atoms with E-state index in [9.17, 15) is 38.4 Å². The second-order valence-electron chi connectivity index (χ2n) is 19.4. The molecule has 0 unspecified atom stereocenters. The first-order valence-electron chi connectivity index (χ1n) is 22.5. The van der Waals surface area contributed by atoms with Gasteiger partial charge in [-0.1, -0.05) is 46.5 Å². The van der Waals surface area contributed by atoms with Gasteiger partial charge >= 0.3 is 24.1 Å². The van der Waals surface area contributed by atoms with Crippen LogP contribution < -0.4 is 9.47 Å². The molecule has 0 spiro atoms. The summed E-state index contributed by atoms with van der Waals surface area (Å²) in [7, 11) is 2.82. The molecule has 0 saturated carbocycles. The van der Waals surface area contributed by atoms with E-state index in [1.165, 1.54) is 38.5 Å². The van der Waals surface area contributed by atoms with Crippen LogP contribution in [-0.4, -0.2) is 107 Å². The smallest absolute Gasteiger partial charge is 0.439 e. The SMILES string of the molecule is COc1cccc(C(=O)N(C(=O)OCOC(=O)C(C)(C)C(=O)OCOC(=O)N(C(=O)c2cccc(OC)c2C)N(C(=O)c2cc(C)cc(C)c2)C(C)(C)C)N(C(=O)c2cc(C)cc(C)c2)C(C)(C)C)c1C. The van der Waals surface area contributed by atoms with Crippen molar-refractivity contribution in [3.63, 3.8) is 0 Å². The lowest BCUT2D eigenvalue weighted by Crippen LogP contribution is -2.60. The molecule has 0 bridgehead atoms. The van der Waals surface area contributed by atoms with Crippen LogP contribution in [0.3, 0.4) is 0 Å². The van der Waals surface area contributed by atoms with E-state index in [4.69, 9.17) is 28.4 Å². The van der Waals surface area contributed by atoms with E-state index in [2.05, 4.69) is 0 Å². The highest BCUT2D eigenvalue weighted by atomic mass is 16.7. The molecule has 0 radical (unpaired) electrons. The van der Waals surface area contributed by atoms with Gasteiger partial charge in [-0.15, -0.1) is 10.0 Å². The van der Waals surface area contributed by atoms with Gasteiger partial charge < -0.3 is 28.4 Å². The molecule has 0 aromatic heterocycles. The zero-order valence-corrected chi connectivity index (χ0v) is 43.3. The molecule has 0 aliphatic carbocycles. The third kappa shape index (κ3) is 12.9. The number of ether oxygens (including phenoxy) is 6. The summed E-state index contributed by atoms with van der Waals surface area (Å²) in [6.07, 6.45) is -2.82. The Morgan fingerprint density at radius 2 is 0.746 bits per heavy atom. The third-order valence-electron chi connectivity index (χ3n) is 11.0. The van der Waals surface area contributed by atoms with Crippen LogP contribution in [0.15, 0.2) is 72.8 Å². The van der Waals surface area contributed by atoms with Crippen molar-refractivity contribution in [3.05, 3.63) is 128 Å². The van der Waals surface area contributed by atoms with E-state index in [1.54, 1.807) is 119 Å². The van der Waals surface area contributed by atoms with Crippen molar-refractivity contribution >= 4 is 47.8 Å². The fourth-order valence-electron chi connectivity index (χ4n) is 7.54. The molecule has 18 heteroatoms. The summed E-state index contributed by atoms with van der Waals surface area (Å²) >= 11 is 0. The Bertz CT molecular complexity index is 2510. The van der Waals surface area contributed by atoms with Crippen LogP contribution in [0.5, 0.6) is 11.5 Å². The van der Waals surface area contributed by atoms with E-state index in [0.29, 0.717) is 32.6 Å². The Labute approximate surface area is 414 Å². The Morgan fingerprint density at radius 1 is 0.437 bits per heavy atom. The van der Waals surface area contributed by atoms with Crippen LogP contribution >= 0.6 is 0 Å². The van der Waals surface area contributed by atoms with E-state index in [-0.39, 0.29) is 22.3 Å². The maximum absolute atomic E-state index is 14.5. The number of methoxy groups -OCH3 is 2. The molecule has 6 amide bonds. The molecule has 0 aliphatic rings. The summed E-state index contributed by atoms with van der Waals surface area (Å²) in [5.74, 6) is -5.28. The summed E-state index contributed by atoms with van der Waals surface area (Å²) in [4.78, 5) is 113. The predicted molar refractivity (Wildman–Crippen MR) is 260 cm³/mol. The molecular weight excluding hydrogens is 917 g/mol. The molecule has 0 atom stereocenters. The Morgan fingerprint density at radius 3 is 1.03 bits per heavy atom. The number of hydrogen-bond donors (Lipinski definition) is 0. The molecule has 380 valence electrons. The summed E-state index contributed by atoms with van der Waals surface area (Å²) in [5, 5.41) is 2.93. The van der Waals surface area contributed by atoms with E-state index in [1.807, 2.05) is 12.1 Å². The number of benzene rings is 4. The Balaban J connectivity index is 1.57. The van der Waals surface area contributed by atoms with Gasteiger partial charge in [0.1, 0.15) is 11.5 Å². The van der Waals surface area contributed by atoms with Crippen molar-refractivity contribution in [2.24, 2.45) is 5.41 Å². The van der Waals surface area contributed by atoms with Crippen molar-refractivity contribution in [1.29, 1.82) is 0 Å². The molecule has 0 saturated heterocycles. The first-order valence-corrected chi connectivity index (χ1v) is 22.5. The number of carbonyl (C=O) groups excluding carboxylic acids is 8. The summed E-state index contributed by atoms with van der Waals surface area (Å²) in [5.41, 5.74) is -0.573. The second kappa shape index (κ2) is 22.3. The number of rotatable bonds is 12. The molecular formula is C53H64N4O14. The first-order chi connectivity index (χ1) is 33.0. The van der Waals surface area contributed by atoms with Gasteiger partial charge in [0.15, 0.2) is 5.41 Å². The lowest BCUT2D eigenvalue weighted by molar-refractivity contribution is -0.179. The lowest BCUT2D eigenvalue weighted by atomic mass is 9.94. The molecule has 4 rings (SSSR count). The van der Waals surface area contributed by atoms with Crippen LogP contribution in [0.2, 0.25) is 0 Å². The lowest BCUT2D eigenvalue weighted by Gasteiger charge is -2.41. The number of amides is 6. The van der Waals surface area contributed by atoms with Gasteiger partial charge in [-0.2, -0.15) is 0 Å². The third-order valence-corrected chi connectivity index (χ3v) is 11.0. The fourth-order valence-corrected chi connectivity index (χ4v) is 7.54. The van der Waals surface area contributed by atoms with Crippen molar-refractivity contribution in [1.82, 2.24) is 20.0 Å². The van der Waals surface area contributed by atoms with Gasteiger partial charge in [0, 0.05) is 33.4 Å². The molecule has 0 fully saturated rings. The van der Waals surface area contributed by atoms with Crippen molar-refractivity contribution < 1.29 is 66.8 Å². The van der Waals surface area contributed by atoms with E-state index >= 15 is 0 Å². The summed E-state index contributed by atoms with van der Waals surface area (Å²) in [6.45, 7) is 20.0. The van der Waals surface area contributed by atoms with Gasteiger partial charge in [0.25, 0.3) is 23.6 Å². The van der Waals surface area contributed by atoms with Gasteiger partial charge in [0.05, 0.1) is 25.3 Å². The van der Waals surface area contributed by atoms with Gasteiger partial charge in [-0.3, -0.25) is 28.8 Å². The van der Waals surface area contributed by atoms with Crippen LogP contribution in [0.25, 0.3) is 0 Å². The average Bonchev–Trinajstić information content (AvgIpc) is 3.27. The molecule has 0 heterocycles. The highest BCUT2D eigenvalue weighted by Gasteiger charge is 2.45. The minimum absolute atomic E-state index is 0.00711. The minimum atomic E-state index is -2.15.